The second kappa shape index (κ2) is 7.06. The Labute approximate surface area is 148 Å². The minimum absolute atomic E-state index is 0.131. The van der Waals surface area contributed by atoms with Crippen LogP contribution in [0.1, 0.15) is 51.3 Å². The first-order chi connectivity index (χ1) is 11.7. The van der Waals surface area contributed by atoms with Gasteiger partial charge in [-0.1, -0.05) is 20.8 Å². The molecule has 1 saturated carbocycles. The van der Waals surface area contributed by atoms with E-state index in [1.54, 1.807) is 25.4 Å². The first-order valence-corrected chi connectivity index (χ1v) is 8.38. The van der Waals surface area contributed by atoms with Crippen LogP contribution >= 0.6 is 0 Å². The molecule has 1 aromatic rings. The van der Waals surface area contributed by atoms with Crippen LogP contribution in [0.5, 0.6) is 0 Å². The van der Waals surface area contributed by atoms with Gasteiger partial charge in [-0.3, -0.25) is 9.79 Å². The molecule has 0 aliphatic heterocycles. The van der Waals surface area contributed by atoms with Crippen molar-refractivity contribution in [2.45, 2.75) is 52.5 Å². The van der Waals surface area contributed by atoms with Gasteiger partial charge in [-0.25, -0.2) is 4.98 Å². The van der Waals surface area contributed by atoms with Crippen LogP contribution in [0.2, 0.25) is 0 Å². The SMILES string of the molecule is Cc1cc(NC(=O)C2(N=CC(=CN)C(C)(C)C)CCC2)cnc1C#N. The molecule has 1 aromatic heterocycles. The maximum atomic E-state index is 12.8. The molecule has 0 saturated heterocycles. The first kappa shape index (κ1) is 18.7. The van der Waals surface area contributed by atoms with E-state index in [9.17, 15) is 4.79 Å². The third-order valence-corrected chi connectivity index (χ3v) is 4.54. The van der Waals surface area contributed by atoms with Gasteiger partial charge in [-0.2, -0.15) is 5.26 Å². The number of aryl methyl sites for hydroxylation is 1. The number of nitrogens with zero attached hydrogens (tertiary/aromatic N) is 3. The molecule has 6 nitrogen and oxygen atoms in total. The molecule has 0 spiro atoms. The van der Waals surface area contributed by atoms with Crippen molar-refractivity contribution in [3.8, 4) is 6.07 Å². The topological polar surface area (TPSA) is 104 Å². The maximum Gasteiger partial charge on any atom is 0.252 e. The van der Waals surface area contributed by atoms with Crippen LogP contribution in [-0.4, -0.2) is 22.6 Å². The van der Waals surface area contributed by atoms with E-state index in [-0.39, 0.29) is 11.3 Å². The number of anilines is 1. The van der Waals surface area contributed by atoms with Crippen molar-refractivity contribution in [3.05, 3.63) is 35.3 Å². The van der Waals surface area contributed by atoms with Gasteiger partial charge in [0.2, 0.25) is 0 Å². The number of pyridine rings is 1. The van der Waals surface area contributed by atoms with Crippen molar-refractivity contribution >= 4 is 17.8 Å². The molecule has 1 heterocycles. The average Bonchev–Trinajstić information content (AvgIpc) is 2.48. The van der Waals surface area contributed by atoms with Crippen LogP contribution in [0.3, 0.4) is 0 Å². The Bertz CT molecular complexity index is 761. The van der Waals surface area contributed by atoms with Crippen LogP contribution in [-0.2, 0) is 4.79 Å². The number of aromatic nitrogens is 1. The Hall–Kier alpha value is -2.68. The van der Waals surface area contributed by atoms with Gasteiger partial charge in [0.25, 0.3) is 5.91 Å². The van der Waals surface area contributed by atoms with Gasteiger partial charge in [0.05, 0.1) is 11.9 Å². The summed E-state index contributed by atoms with van der Waals surface area (Å²) in [5, 5.41) is 11.8. The van der Waals surface area contributed by atoms with Crippen molar-refractivity contribution in [3.63, 3.8) is 0 Å². The van der Waals surface area contributed by atoms with E-state index in [0.29, 0.717) is 24.2 Å². The van der Waals surface area contributed by atoms with Crippen LogP contribution in [0.4, 0.5) is 5.69 Å². The zero-order chi connectivity index (χ0) is 18.7. The van der Waals surface area contributed by atoms with Gasteiger partial charge < -0.3 is 11.1 Å². The molecule has 0 aromatic carbocycles. The van der Waals surface area contributed by atoms with Gasteiger partial charge in [0.1, 0.15) is 17.3 Å². The first-order valence-electron chi connectivity index (χ1n) is 8.38. The molecule has 1 amide bonds. The van der Waals surface area contributed by atoms with Crippen molar-refractivity contribution in [2.24, 2.45) is 16.1 Å². The normalized spacial score (nSPS) is 17.0. The highest BCUT2D eigenvalue weighted by molar-refractivity contribution is 6.00. The molecule has 25 heavy (non-hydrogen) atoms. The van der Waals surface area contributed by atoms with Crippen LogP contribution < -0.4 is 11.1 Å². The Morgan fingerprint density at radius 1 is 1.48 bits per heavy atom. The second-order valence-electron chi connectivity index (χ2n) is 7.47. The van der Waals surface area contributed by atoms with Gasteiger partial charge >= 0.3 is 0 Å². The van der Waals surface area contributed by atoms with Gasteiger partial charge in [-0.05, 0) is 55.0 Å². The largest absolute Gasteiger partial charge is 0.404 e. The number of aliphatic imine (C=N–C) groups is 1. The lowest BCUT2D eigenvalue weighted by atomic mass is 9.76. The highest BCUT2D eigenvalue weighted by atomic mass is 16.2. The average molecular weight is 339 g/mol. The van der Waals surface area contributed by atoms with Crippen molar-refractivity contribution in [2.75, 3.05) is 5.32 Å². The van der Waals surface area contributed by atoms with E-state index in [1.807, 2.05) is 6.07 Å². The van der Waals surface area contributed by atoms with Crippen LogP contribution in [0.15, 0.2) is 29.0 Å². The van der Waals surface area contributed by atoms with Crippen LogP contribution in [0.25, 0.3) is 0 Å². The maximum absolute atomic E-state index is 12.8. The number of amides is 1. The number of nitriles is 1. The smallest absolute Gasteiger partial charge is 0.252 e. The van der Waals surface area contributed by atoms with E-state index < -0.39 is 5.54 Å². The van der Waals surface area contributed by atoms with E-state index in [2.05, 4.69) is 36.1 Å². The fourth-order valence-corrected chi connectivity index (χ4v) is 2.61. The highest BCUT2D eigenvalue weighted by Crippen LogP contribution is 2.37. The minimum atomic E-state index is -0.749. The number of carbonyl (C=O) groups excluding carboxylic acids is 1. The molecule has 0 radical (unpaired) electrons. The minimum Gasteiger partial charge on any atom is -0.404 e. The zero-order valence-corrected chi connectivity index (χ0v) is 15.3. The summed E-state index contributed by atoms with van der Waals surface area (Å²) < 4.78 is 0. The van der Waals surface area contributed by atoms with E-state index in [4.69, 9.17) is 11.0 Å². The molecular formula is C19H25N5O. The van der Waals surface area contributed by atoms with Gasteiger partial charge in [-0.15, -0.1) is 0 Å². The molecule has 1 aliphatic carbocycles. The lowest BCUT2D eigenvalue weighted by molar-refractivity contribution is -0.123. The molecule has 0 atom stereocenters. The summed E-state index contributed by atoms with van der Waals surface area (Å²) in [5.74, 6) is -0.147. The predicted molar refractivity (Wildman–Crippen MR) is 99.1 cm³/mol. The third kappa shape index (κ3) is 4.05. The number of nitrogens with one attached hydrogen (secondary N) is 1. The lowest BCUT2D eigenvalue weighted by Gasteiger charge is -2.36. The Balaban J connectivity index is 2.18. The summed E-state index contributed by atoms with van der Waals surface area (Å²) >= 11 is 0. The fraction of sp³-hybridized carbons (Fsp3) is 0.474. The summed E-state index contributed by atoms with van der Waals surface area (Å²) in [5.41, 5.74) is 7.38. The standard InChI is InChI=1S/C19H25N5O/c1-13-8-15(12-22-16(13)10-21)24-17(25)19(6-5-7-19)23-11-14(9-20)18(2,3)4/h8-9,11-12H,5-7,20H2,1-4H3,(H,24,25). The predicted octanol–water partition coefficient (Wildman–Crippen LogP) is 3.08. The fourth-order valence-electron chi connectivity index (χ4n) is 2.61. The van der Waals surface area contributed by atoms with E-state index >= 15 is 0 Å². The molecule has 2 rings (SSSR count). The number of hydrogen-bond acceptors (Lipinski definition) is 5. The molecule has 1 aliphatic rings. The van der Waals surface area contributed by atoms with Gasteiger partial charge in [0, 0.05) is 6.21 Å². The van der Waals surface area contributed by atoms with Crippen molar-refractivity contribution in [1.29, 1.82) is 5.26 Å². The Kier molecular flexibility index (Phi) is 5.27. The molecule has 0 unspecified atom stereocenters. The lowest BCUT2D eigenvalue weighted by Crippen LogP contribution is -2.47. The quantitative estimate of drug-likeness (QED) is 0.822. The summed E-state index contributed by atoms with van der Waals surface area (Å²) in [6.45, 7) is 7.95. The summed E-state index contributed by atoms with van der Waals surface area (Å²) in [6, 6.07) is 3.77. The molecule has 1 fully saturated rings. The highest BCUT2D eigenvalue weighted by Gasteiger charge is 2.44. The van der Waals surface area contributed by atoms with Crippen LogP contribution in [0, 0.1) is 23.7 Å². The Morgan fingerprint density at radius 3 is 2.60 bits per heavy atom. The summed E-state index contributed by atoms with van der Waals surface area (Å²) in [6.07, 6.45) is 7.15. The molecule has 132 valence electrons. The summed E-state index contributed by atoms with van der Waals surface area (Å²) in [4.78, 5) is 21.4. The van der Waals surface area contributed by atoms with Crippen molar-refractivity contribution < 1.29 is 4.79 Å². The molecule has 0 bridgehead atoms. The Morgan fingerprint density at radius 2 is 2.16 bits per heavy atom. The monoisotopic (exact) mass is 339 g/mol. The zero-order valence-electron chi connectivity index (χ0n) is 15.3. The van der Waals surface area contributed by atoms with Gasteiger partial charge in [0.15, 0.2) is 0 Å². The van der Waals surface area contributed by atoms with E-state index in [0.717, 1.165) is 17.6 Å². The number of hydrogen-bond donors (Lipinski definition) is 2. The molecule has 3 N–H and O–H groups in total. The van der Waals surface area contributed by atoms with E-state index in [1.165, 1.54) is 6.20 Å². The number of rotatable bonds is 4. The number of allylic oxidation sites excluding steroid dienone is 1. The van der Waals surface area contributed by atoms with Crippen molar-refractivity contribution in [1.82, 2.24) is 4.98 Å². The third-order valence-electron chi connectivity index (χ3n) is 4.54. The number of nitrogens with two attached hydrogens (primary N) is 1. The summed E-state index contributed by atoms with van der Waals surface area (Å²) in [7, 11) is 0. The molecular weight excluding hydrogens is 314 g/mol. The second-order valence-corrected chi connectivity index (χ2v) is 7.47. The number of carbonyl (C=O) groups is 1. The molecule has 6 heteroatoms.